The van der Waals surface area contributed by atoms with Crippen LogP contribution in [0.4, 0.5) is 5.82 Å². The van der Waals surface area contributed by atoms with E-state index in [-0.39, 0.29) is 5.82 Å². The number of nitrogens with one attached hydrogen (secondary N) is 3. The van der Waals surface area contributed by atoms with Crippen LogP contribution in [0.1, 0.15) is 16.3 Å². The normalized spacial score (nSPS) is 10.7. The summed E-state index contributed by atoms with van der Waals surface area (Å²) in [5, 5.41) is 13.8. The number of hydrogen-bond acceptors (Lipinski definition) is 5. The molecule has 0 fully saturated rings. The van der Waals surface area contributed by atoms with E-state index < -0.39 is 11.6 Å². The Morgan fingerprint density at radius 1 is 1.10 bits per heavy atom. The molecule has 0 aliphatic carbocycles. The number of hydrogen-bond donors (Lipinski definition) is 3. The van der Waals surface area contributed by atoms with E-state index in [9.17, 15) is 9.59 Å². The minimum Gasteiger partial charge on any atom is -0.497 e. The Labute approximate surface area is 165 Å². The van der Waals surface area contributed by atoms with E-state index in [0.29, 0.717) is 17.3 Å². The SMILES string of the molecule is COc1ccc(-n2nc(C(=O)Nc3n[nH]c(C)c3-c3ccccc3)[nH]c2=O)cc1. The number of H-pyrrole nitrogens is 2. The molecular formula is C20H18N6O3. The maximum Gasteiger partial charge on any atom is 0.348 e. The molecule has 2 heterocycles. The van der Waals surface area contributed by atoms with Gasteiger partial charge in [0.25, 0.3) is 5.91 Å². The summed E-state index contributed by atoms with van der Waals surface area (Å²) in [6, 6.07) is 16.3. The monoisotopic (exact) mass is 390 g/mol. The molecule has 29 heavy (non-hydrogen) atoms. The summed E-state index contributed by atoms with van der Waals surface area (Å²) < 4.78 is 6.22. The Balaban J connectivity index is 1.61. The fourth-order valence-electron chi connectivity index (χ4n) is 2.97. The zero-order valence-corrected chi connectivity index (χ0v) is 15.8. The maximum absolute atomic E-state index is 12.7. The fourth-order valence-corrected chi connectivity index (χ4v) is 2.97. The molecule has 0 bridgehead atoms. The van der Waals surface area contributed by atoms with Crippen LogP contribution < -0.4 is 15.7 Å². The molecule has 2 aromatic heterocycles. The second kappa shape index (κ2) is 7.47. The molecule has 0 spiro atoms. The minimum absolute atomic E-state index is 0.120. The summed E-state index contributed by atoms with van der Waals surface area (Å²) in [6.07, 6.45) is 0. The number of carbonyl (C=O) groups excluding carboxylic acids is 1. The maximum atomic E-state index is 12.7. The van der Waals surface area contributed by atoms with Crippen molar-refractivity contribution in [1.82, 2.24) is 25.0 Å². The van der Waals surface area contributed by atoms with Crippen LogP contribution >= 0.6 is 0 Å². The van der Waals surface area contributed by atoms with E-state index in [4.69, 9.17) is 4.74 Å². The topological polar surface area (TPSA) is 118 Å². The number of methoxy groups -OCH3 is 1. The highest BCUT2D eigenvalue weighted by Crippen LogP contribution is 2.29. The van der Waals surface area contributed by atoms with E-state index in [1.54, 1.807) is 31.4 Å². The van der Waals surface area contributed by atoms with Crippen molar-refractivity contribution >= 4 is 11.7 Å². The highest BCUT2D eigenvalue weighted by molar-refractivity contribution is 6.03. The van der Waals surface area contributed by atoms with Crippen molar-refractivity contribution in [3.05, 3.63) is 76.6 Å². The predicted octanol–water partition coefficient (Wildman–Crippen LogP) is 2.52. The largest absolute Gasteiger partial charge is 0.497 e. The summed E-state index contributed by atoms with van der Waals surface area (Å²) in [5.41, 5.74) is 2.47. The van der Waals surface area contributed by atoms with Gasteiger partial charge in [-0.3, -0.25) is 14.9 Å². The van der Waals surface area contributed by atoms with E-state index in [2.05, 4.69) is 25.6 Å². The number of ether oxygens (including phenoxy) is 1. The van der Waals surface area contributed by atoms with Crippen LogP contribution in [0, 0.1) is 6.92 Å². The lowest BCUT2D eigenvalue weighted by molar-refractivity contribution is 0.101. The van der Waals surface area contributed by atoms with Crippen LogP contribution in [-0.2, 0) is 0 Å². The highest BCUT2D eigenvalue weighted by Gasteiger charge is 2.19. The molecule has 2 aromatic carbocycles. The second-order valence-corrected chi connectivity index (χ2v) is 6.28. The van der Waals surface area contributed by atoms with Crippen molar-refractivity contribution < 1.29 is 9.53 Å². The van der Waals surface area contributed by atoms with Gasteiger partial charge in [0, 0.05) is 11.3 Å². The lowest BCUT2D eigenvalue weighted by Gasteiger charge is -2.05. The lowest BCUT2D eigenvalue weighted by Crippen LogP contribution is -2.16. The molecule has 0 aliphatic heterocycles. The molecule has 0 atom stereocenters. The van der Waals surface area contributed by atoms with Crippen molar-refractivity contribution in [2.75, 3.05) is 12.4 Å². The first-order valence-corrected chi connectivity index (χ1v) is 8.82. The number of aromatic amines is 2. The summed E-state index contributed by atoms with van der Waals surface area (Å²) in [6.45, 7) is 1.87. The van der Waals surface area contributed by atoms with Gasteiger partial charge in [-0.1, -0.05) is 30.3 Å². The molecule has 0 saturated heterocycles. The number of benzene rings is 2. The molecule has 9 nitrogen and oxygen atoms in total. The summed E-state index contributed by atoms with van der Waals surface area (Å²) in [5.74, 6) is 0.319. The first-order valence-electron chi connectivity index (χ1n) is 8.82. The predicted molar refractivity (Wildman–Crippen MR) is 107 cm³/mol. The summed E-state index contributed by atoms with van der Waals surface area (Å²) in [4.78, 5) is 27.4. The molecular weight excluding hydrogens is 372 g/mol. The van der Waals surface area contributed by atoms with E-state index in [1.165, 1.54) is 0 Å². The molecule has 1 amide bonds. The van der Waals surface area contributed by atoms with Gasteiger partial charge in [0.2, 0.25) is 5.82 Å². The van der Waals surface area contributed by atoms with Gasteiger partial charge in [-0.25, -0.2) is 4.79 Å². The van der Waals surface area contributed by atoms with Crippen LogP contribution in [-0.4, -0.2) is 38.0 Å². The van der Waals surface area contributed by atoms with Crippen molar-refractivity contribution in [1.29, 1.82) is 0 Å². The van der Waals surface area contributed by atoms with Crippen LogP contribution in [0.5, 0.6) is 5.75 Å². The molecule has 9 heteroatoms. The quantitative estimate of drug-likeness (QED) is 0.484. The van der Waals surface area contributed by atoms with Crippen LogP contribution in [0.25, 0.3) is 16.8 Å². The van der Waals surface area contributed by atoms with Gasteiger partial charge in [-0.05, 0) is 36.8 Å². The van der Waals surface area contributed by atoms with Gasteiger partial charge < -0.3 is 10.1 Å². The van der Waals surface area contributed by atoms with Crippen molar-refractivity contribution in [2.45, 2.75) is 6.92 Å². The number of nitrogens with zero attached hydrogens (tertiary/aromatic N) is 3. The third-order valence-electron chi connectivity index (χ3n) is 4.39. The lowest BCUT2D eigenvalue weighted by atomic mass is 10.1. The molecule has 4 rings (SSSR count). The van der Waals surface area contributed by atoms with Gasteiger partial charge in [0.1, 0.15) is 5.75 Å². The first kappa shape index (κ1) is 18.2. The van der Waals surface area contributed by atoms with Crippen LogP contribution in [0.15, 0.2) is 59.4 Å². The van der Waals surface area contributed by atoms with Gasteiger partial charge in [-0.2, -0.15) is 9.78 Å². The zero-order chi connectivity index (χ0) is 20.4. The van der Waals surface area contributed by atoms with E-state index in [1.807, 2.05) is 37.3 Å². The Morgan fingerprint density at radius 3 is 2.52 bits per heavy atom. The number of carbonyl (C=O) groups is 1. The standard InChI is InChI=1S/C20H18N6O3/c1-12-16(13-6-4-3-5-7-13)17(24-23-12)21-19(27)18-22-20(28)26(25-18)14-8-10-15(29-2)11-9-14/h3-11H,1-2H3,(H,22,25,28)(H2,21,23,24,27). The first-order chi connectivity index (χ1) is 14.1. The van der Waals surface area contributed by atoms with Gasteiger partial charge >= 0.3 is 5.69 Å². The van der Waals surface area contributed by atoms with E-state index >= 15 is 0 Å². The molecule has 0 unspecified atom stereocenters. The Hall–Kier alpha value is -4.14. The third-order valence-corrected chi connectivity index (χ3v) is 4.39. The fraction of sp³-hybridized carbons (Fsp3) is 0.100. The zero-order valence-electron chi connectivity index (χ0n) is 15.8. The number of amides is 1. The molecule has 3 N–H and O–H groups in total. The average molecular weight is 390 g/mol. The minimum atomic E-state index is -0.571. The number of aromatic nitrogens is 5. The molecule has 0 radical (unpaired) electrons. The van der Waals surface area contributed by atoms with Crippen molar-refractivity contribution in [2.24, 2.45) is 0 Å². The molecule has 0 saturated carbocycles. The Kier molecular flexibility index (Phi) is 4.70. The van der Waals surface area contributed by atoms with Gasteiger partial charge in [-0.15, -0.1) is 5.10 Å². The summed E-state index contributed by atoms with van der Waals surface area (Å²) in [7, 11) is 1.55. The van der Waals surface area contributed by atoms with Crippen molar-refractivity contribution in [3.63, 3.8) is 0 Å². The van der Waals surface area contributed by atoms with E-state index in [0.717, 1.165) is 21.5 Å². The summed E-state index contributed by atoms with van der Waals surface area (Å²) >= 11 is 0. The molecule has 4 aromatic rings. The second-order valence-electron chi connectivity index (χ2n) is 6.28. The Bertz CT molecular complexity index is 1210. The third kappa shape index (κ3) is 3.53. The highest BCUT2D eigenvalue weighted by atomic mass is 16.5. The average Bonchev–Trinajstić information content (AvgIpc) is 3.31. The smallest absolute Gasteiger partial charge is 0.348 e. The van der Waals surface area contributed by atoms with Crippen molar-refractivity contribution in [3.8, 4) is 22.6 Å². The van der Waals surface area contributed by atoms with Gasteiger partial charge in [0.15, 0.2) is 5.82 Å². The number of rotatable bonds is 5. The Morgan fingerprint density at radius 2 is 1.83 bits per heavy atom. The van der Waals surface area contributed by atoms with Gasteiger partial charge in [0.05, 0.1) is 12.8 Å². The molecule has 0 aliphatic rings. The number of anilines is 1. The molecule has 146 valence electrons. The van der Waals surface area contributed by atoms with Crippen LogP contribution in [0.3, 0.4) is 0 Å². The number of aryl methyl sites for hydroxylation is 1. The van der Waals surface area contributed by atoms with Crippen LogP contribution in [0.2, 0.25) is 0 Å².